The van der Waals surface area contributed by atoms with Crippen LogP contribution < -0.4 is 4.90 Å². The third-order valence-electron chi connectivity index (χ3n) is 3.39. The number of halogens is 3. The van der Waals surface area contributed by atoms with Gasteiger partial charge in [0.15, 0.2) is 4.32 Å². The minimum absolute atomic E-state index is 0.0436. The van der Waals surface area contributed by atoms with Crippen LogP contribution in [-0.2, 0) is 11.0 Å². The predicted molar refractivity (Wildman–Crippen MR) is 95.2 cm³/mol. The van der Waals surface area contributed by atoms with E-state index in [0.717, 1.165) is 28.8 Å². The summed E-state index contributed by atoms with van der Waals surface area (Å²) in [6.45, 7) is 0. The third-order valence-corrected chi connectivity index (χ3v) is 4.70. The van der Waals surface area contributed by atoms with E-state index in [0.29, 0.717) is 5.56 Å². The number of amides is 1. The van der Waals surface area contributed by atoms with E-state index in [4.69, 9.17) is 12.2 Å². The lowest BCUT2D eigenvalue weighted by Gasteiger charge is -2.16. The van der Waals surface area contributed by atoms with Crippen molar-refractivity contribution in [1.29, 1.82) is 0 Å². The molecule has 1 aliphatic heterocycles. The lowest BCUT2D eigenvalue weighted by Crippen LogP contribution is -2.27. The van der Waals surface area contributed by atoms with E-state index < -0.39 is 17.6 Å². The van der Waals surface area contributed by atoms with Crippen LogP contribution in [0.4, 0.5) is 18.9 Å². The molecule has 0 spiro atoms. The monoisotopic (exact) mass is 381 g/mol. The minimum Gasteiger partial charge on any atom is -0.508 e. The molecule has 1 heterocycles. The smallest absolute Gasteiger partial charge is 0.416 e. The van der Waals surface area contributed by atoms with Crippen molar-refractivity contribution in [3.05, 3.63) is 64.6 Å². The van der Waals surface area contributed by atoms with Gasteiger partial charge in [-0.25, -0.2) is 0 Å². The molecule has 0 aliphatic carbocycles. The number of phenolic OH excluding ortho intramolecular Hbond substituents is 1. The van der Waals surface area contributed by atoms with Crippen LogP contribution in [0.15, 0.2) is 53.4 Å². The highest BCUT2D eigenvalue weighted by Gasteiger charge is 2.36. The molecule has 128 valence electrons. The fourth-order valence-electron chi connectivity index (χ4n) is 2.28. The number of benzene rings is 2. The van der Waals surface area contributed by atoms with Crippen molar-refractivity contribution in [2.24, 2.45) is 0 Å². The summed E-state index contributed by atoms with van der Waals surface area (Å²) in [5, 5.41) is 9.48. The summed E-state index contributed by atoms with van der Waals surface area (Å²) in [5.74, 6) is -0.459. The maximum Gasteiger partial charge on any atom is 0.416 e. The molecule has 2 aromatic carbocycles. The molecule has 3 rings (SSSR count). The number of thiocarbonyl (C=S) groups is 1. The Bertz CT molecular complexity index is 893. The number of phenols is 1. The van der Waals surface area contributed by atoms with Gasteiger partial charge in [-0.3, -0.25) is 9.69 Å². The second-order valence-electron chi connectivity index (χ2n) is 5.16. The van der Waals surface area contributed by atoms with E-state index >= 15 is 0 Å². The van der Waals surface area contributed by atoms with Gasteiger partial charge in [0.05, 0.1) is 16.2 Å². The molecular formula is C17H10F3NO2S2. The Balaban J connectivity index is 1.95. The Morgan fingerprint density at radius 3 is 2.52 bits per heavy atom. The largest absolute Gasteiger partial charge is 0.508 e. The lowest BCUT2D eigenvalue weighted by atomic mass is 10.1. The van der Waals surface area contributed by atoms with E-state index in [1.165, 1.54) is 30.3 Å². The molecule has 0 saturated carbocycles. The normalized spacial score (nSPS) is 16.8. The zero-order chi connectivity index (χ0) is 18.2. The quantitative estimate of drug-likeness (QED) is 0.598. The third kappa shape index (κ3) is 3.69. The van der Waals surface area contributed by atoms with E-state index in [-0.39, 0.29) is 20.7 Å². The second kappa shape index (κ2) is 6.53. The van der Waals surface area contributed by atoms with Gasteiger partial charge in [-0.2, -0.15) is 13.2 Å². The number of hydrogen-bond acceptors (Lipinski definition) is 4. The summed E-state index contributed by atoms with van der Waals surface area (Å²) >= 11 is 6.15. The first kappa shape index (κ1) is 17.5. The van der Waals surface area contributed by atoms with E-state index in [1.54, 1.807) is 12.1 Å². The molecule has 0 aromatic heterocycles. The minimum atomic E-state index is -4.51. The van der Waals surface area contributed by atoms with Crippen LogP contribution in [0.3, 0.4) is 0 Å². The summed E-state index contributed by atoms with van der Waals surface area (Å²) in [4.78, 5) is 13.9. The summed E-state index contributed by atoms with van der Waals surface area (Å²) in [6, 6.07) is 10.7. The number of carbonyl (C=O) groups is 1. The highest BCUT2D eigenvalue weighted by molar-refractivity contribution is 8.27. The highest BCUT2D eigenvalue weighted by atomic mass is 32.2. The first-order chi connectivity index (χ1) is 11.8. The zero-order valence-electron chi connectivity index (χ0n) is 12.4. The molecular weight excluding hydrogens is 371 g/mol. The van der Waals surface area contributed by atoms with Gasteiger partial charge in [-0.05, 0) is 42.0 Å². The van der Waals surface area contributed by atoms with Gasteiger partial charge >= 0.3 is 6.18 Å². The first-order valence-corrected chi connectivity index (χ1v) is 8.22. The fourth-order valence-corrected chi connectivity index (χ4v) is 3.58. The summed E-state index contributed by atoms with van der Waals surface area (Å²) in [5.41, 5.74) is -0.197. The van der Waals surface area contributed by atoms with Crippen molar-refractivity contribution in [1.82, 2.24) is 0 Å². The Morgan fingerprint density at radius 2 is 1.84 bits per heavy atom. The topological polar surface area (TPSA) is 40.5 Å². The molecule has 0 atom stereocenters. The SMILES string of the molecule is O=C1C(=Cc2cccc(O)c2)SC(=S)N1c1cccc(C(F)(F)F)c1. The maximum atomic E-state index is 12.9. The molecule has 0 bridgehead atoms. The van der Waals surface area contributed by atoms with Crippen molar-refractivity contribution in [3.63, 3.8) is 0 Å². The number of hydrogen-bond donors (Lipinski definition) is 1. The van der Waals surface area contributed by atoms with Gasteiger partial charge in [-0.15, -0.1) is 0 Å². The molecule has 0 unspecified atom stereocenters. The van der Waals surface area contributed by atoms with Gasteiger partial charge in [0.1, 0.15) is 5.75 Å². The standard InChI is InChI=1S/C17H10F3NO2S2/c18-17(19,20)11-4-2-5-12(9-11)21-15(23)14(25-16(21)24)8-10-3-1-6-13(22)7-10/h1-9,22H. The molecule has 1 N–H and O–H groups in total. The van der Waals surface area contributed by atoms with E-state index in [1.807, 2.05) is 0 Å². The van der Waals surface area contributed by atoms with Crippen LogP contribution in [0.25, 0.3) is 6.08 Å². The number of aromatic hydroxyl groups is 1. The summed E-state index contributed by atoms with van der Waals surface area (Å²) in [6.07, 6.45) is -2.97. The van der Waals surface area contributed by atoms with Crippen LogP contribution >= 0.6 is 24.0 Å². The Morgan fingerprint density at radius 1 is 1.12 bits per heavy atom. The first-order valence-electron chi connectivity index (χ1n) is 7.00. The molecule has 1 fully saturated rings. The van der Waals surface area contributed by atoms with Crippen LogP contribution in [0.5, 0.6) is 5.75 Å². The Hall–Kier alpha value is -2.32. The van der Waals surface area contributed by atoms with Gasteiger partial charge in [0.25, 0.3) is 5.91 Å². The Labute approximate surface area is 150 Å². The maximum absolute atomic E-state index is 12.9. The van der Waals surface area contributed by atoms with Gasteiger partial charge in [0, 0.05) is 0 Å². The predicted octanol–water partition coefficient (Wildman–Crippen LogP) is 4.82. The van der Waals surface area contributed by atoms with Crippen molar-refractivity contribution in [2.45, 2.75) is 6.18 Å². The molecule has 0 radical (unpaired) electrons. The fraction of sp³-hybridized carbons (Fsp3) is 0.0588. The van der Waals surface area contributed by atoms with Crippen LogP contribution in [-0.4, -0.2) is 15.3 Å². The van der Waals surface area contributed by atoms with Crippen LogP contribution in [0.1, 0.15) is 11.1 Å². The number of thioether (sulfide) groups is 1. The van der Waals surface area contributed by atoms with E-state index in [9.17, 15) is 23.1 Å². The van der Waals surface area contributed by atoms with Crippen molar-refractivity contribution in [3.8, 4) is 5.75 Å². The van der Waals surface area contributed by atoms with E-state index in [2.05, 4.69) is 0 Å². The van der Waals surface area contributed by atoms with Crippen LogP contribution in [0.2, 0.25) is 0 Å². The lowest BCUT2D eigenvalue weighted by molar-refractivity contribution is -0.137. The van der Waals surface area contributed by atoms with Crippen molar-refractivity contribution < 1.29 is 23.1 Å². The van der Waals surface area contributed by atoms with Crippen molar-refractivity contribution >= 4 is 46.0 Å². The molecule has 2 aromatic rings. The second-order valence-corrected chi connectivity index (χ2v) is 6.84. The average molecular weight is 381 g/mol. The molecule has 8 heteroatoms. The van der Waals surface area contributed by atoms with Crippen LogP contribution in [0, 0.1) is 0 Å². The van der Waals surface area contributed by atoms with Crippen molar-refractivity contribution in [2.75, 3.05) is 4.90 Å². The number of anilines is 1. The molecule has 1 aliphatic rings. The number of rotatable bonds is 2. The molecule has 3 nitrogen and oxygen atoms in total. The summed E-state index contributed by atoms with van der Waals surface area (Å²) < 4.78 is 38.8. The number of alkyl halides is 3. The van der Waals surface area contributed by atoms with Gasteiger partial charge in [0.2, 0.25) is 0 Å². The molecule has 1 amide bonds. The number of nitrogens with zero attached hydrogens (tertiary/aromatic N) is 1. The van der Waals surface area contributed by atoms with Gasteiger partial charge < -0.3 is 5.11 Å². The number of carbonyl (C=O) groups excluding carboxylic acids is 1. The Kier molecular flexibility index (Phi) is 4.57. The molecule has 25 heavy (non-hydrogen) atoms. The zero-order valence-corrected chi connectivity index (χ0v) is 14.1. The molecule has 1 saturated heterocycles. The average Bonchev–Trinajstić information content (AvgIpc) is 2.81. The highest BCUT2D eigenvalue weighted by Crippen LogP contribution is 2.38. The summed E-state index contributed by atoms with van der Waals surface area (Å²) in [7, 11) is 0. The van der Waals surface area contributed by atoms with Gasteiger partial charge in [-0.1, -0.05) is 42.2 Å².